The van der Waals surface area contributed by atoms with Gasteiger partial charge in [-0.2, -0.15) is 26.3 Å². The molecule has 1 amide bonds. The van der Waals surface area contributed by atoms with Crippen molar-refractivity contribution in [3.8, 4) is 11.1 Å². The van der Waals surface area contributed by atoms with E-state index in [-0.39, 0.29) is 23.2 Å². The Morgan fingerprint density at radius 1 is 0.818 bits per heavy atom. The van der Waals surface area contributed by atoms with Gasteiger partial charge in [-0.1, -0.05) is 42.5 Å². The number of fused-ring (bicyclic) bond motifs is 1. The highest BCUT2D eigenvalue weighted by Gasteiger charge is 2.31. The van der Waals surface area contributed by atoms with Gasteiger partial charge in [0.1, 0.15) is 0 Å². The zero-order valence-electron chi connectivity index (χ0n) is 23.0. The average Bonchev–Trinajstić information content (AvgIpc) is 3.39. The fourth-order valence-electron chi connectivity index (χ4n) is 5.02. The van der Waals surface area contributed by atoms with E-state index in [4.69, 9.17) is 5.11 Å². The number of alkyl halides is 6. The number of nitrogens with zero attached hydrogens (tertiary/aromatic N) is 1. The Morgan fingerprint density at radius 2 is 1.48 bits per heavy atom. The summed E-state index contributed by atoms with van der Waals surface area (Å²) in [5.74, 6) is -1.60. The van der Waals surface area contributed by atoms with Crippen LogP contribution in [0.5, 0.6) is 0 Å². The Labute approximate surface area is 247 Å². The molecule has 226 valence electrons. The summed E-state index contributed by atoms with van der Waals surface area (Å²) in [6.45, 7) is 1.79. The van der Waals surface area contributed by atoms with Gasteiger partial charge >= 0.3 is 18.3 Å². The van der Waals surface area contributed by atoms with Crippen LogP contribution in [0.2, 0.25) is 0 Å². The summed E-state index contributed by atoms with van der Waals surface area (Å²) in [5.41, 5.74) is 0.876. The molecule has 0 radical (unpaired) electrons. The molecule has 4 aromatic carbocycles. The number of benzene rings is 4. The molecule has 5 nitrogen and oxygen atoms in total. The highest BCUT2D eigenvalue weighted by molar-refractivity contribution is 6.10. The Bertz CT molecular complexity index is 1840. The van der Waals surface area contributed by atoms with E-state index in [2.05, 4.69) is 5.32 Å². The molecule has 11 heteroatoms. The van der Waals surface area contributed by atoms with Gasteiger partial charge < -0.3 is 15.0 Å². The lowest BCUT2D eigenvalue weighted by Crippen LogP contribution is -2.27. The van der Waals surface area contributed by atoms with Crippen LogP contribution in [0, 0.1) is 0 Å². The number of carboxylic acids is 1. The number of hydrogen-bond donors (Lipinski definition) is 2. The van der Waals surface area contributed by atoms with Crippen LogP contribution in [0.15, 0.2) is 97.2 Å². The summed E-state index contributed by atoms with van der Waals surface area (Å²) in [5, 5.41) is 12.5. The normalized spacial score (nSPS) is 12.7. The molecular weight excluding hydrogens is 586 g/mol. The molecule has 5 aromatic rings. The fourth-order valence-corrected chi connectivity index (χ4v) is 5.02. The third-order valence-electron chi connectivity index (χ3n) is 7.31. The second-order valence-corrected chi connectivity index (χ2v) is 10.3. The van der Waals surface area contributed by atoms with E-state index in [1.807, 2.05) is 0 Å². The van der Waals surface area contributed by atoms with Crippen molar-refractivity contribution in [1.29, 1.82) is 0 Å². The third-order valence-corrected chi connectivity index (χ3v) is 7.31. The van der Waals surface area contributed by atoms with Gasteiger partial charge in [-0.05, 0) is 77.7 Å². The second kappa shape index (κ2) is 11.6. The number of amides is 1. The van der Waals surface area contributed by atoms with Crippen LogP contribution < -0.4 is 5.32 Å². The zero-order valence-corrected chi connectivity index (χ0v) is 23.0. The molecule has 0 fully saturated rings. The van der Waals surface area contributed by atoms with Crippen molar-refractivity contribution in [2.75, 3.05) is 0 Å². The fraction of sp³-hybridized carbons (Fsp3) is 0.152. The van der Waals surface area contributed by atoms with Gasteiger partial charge in [-0.3, -0.25) is 4.79 Å². The predicted molar refractivity (Wildman–Crippen MR) is 152 cm³/mol. The molecule has 0 aliphatic rings. The van der Waals surface area contributed by atoms with Gasteiger partial charge in [-0.25, -0.2) is 4.79 Å². The molecule has 0 spiro atoms. The summed E-state index contributed by atoms with van der Waals surface area (Å²) >= 11 is 0. The van der Waals surface area contributed by atoms with Crippen molar-refractivity contribution in [2.45, 2.75) is 31.9 Å². The maximum Gasteiger partial charge on any atom is 0.416 e. The molecule has 1 heterocycles. The number of nitrogens with one attached hydrogen (secondary N) is 1. The first-order valence-electron chi connectivity index (χ1n) is 13.3. The SMILES string of the molecule is C[C@@H](NC(=O)c1ccc(-c2cccc(C(F)(F)F)c2)c2ccn(Cc3ccc(C(F)(F)F)cc3)c12)c1ccc(C(=O)O)cc1. The highest BCUT2D eigenvalue weighted by atomic mass is 19.4. The number of carbonyl (C=O) groups excluding carboxylic acids is 1. The minimum atomic E-state index is -4.57. The van der Waals surface area contributed by atoms with Crippen LogP contribution >= 0.6 is 0 Å². The van der Waals surface area contributed by atoms with E-state index in [0.717, 1.165) is 24.3 Å². The summed E-state index contributed by atoms with van der Waals surface area (Å²) in [4.78, 5) is 24.8. The van der Waals surface area contributed by atoms with Crippen molar-refractivity contribution >= 4 is 22.8 Å². The molecule has 0 aliphatic heterocycles. The van der Waals surface area contributed by atoms with Gasteiger partial charge in [0.25, 0.3) is 5.91 Å². The van der Waals surface area contributed by atoms with Crippen molar-refractivity contribution in [1.82, 2.24) is 9.88 Å². The number of carboxylic acid groups (broad SMARTS) is 1. The molecule has 1 atom stereocenters. The number of carbonyl (C=O) groups is 2. The summed E-state index contributed by atoms with van der Waals surface area (Å²) < 4.78 is 81.4. The van der Waals surface area contributed by atoms with Gasteiger partial charge in [0.15, 0.2) is 0 Å². The largest absolute Gasteiger partial charge is 0.478 e. The van der Waals surface area contributed by atoms with Crippen molar-refractivity contribution in [2.24, 2.45) is 0 Å². The van der Waals surface area contributed by atoms with Crippen LogP contribution in [-0.2, 0) is 18.9 Å². The number of halogens is 6. The van der Waals surface area contributed by atoms with E-state index < -0.39 is 41.4 Å². The van der Waals surface area contributed by atoms with E-state index in [1.54, 1.807) is 42.0 Å². The number of rotatable bonds is 7. The van der Waals surface area contributed by atoms with Crippen molar-refractivity contribution in [3.05, 3.63) is 131 Å². The minimum absolute atomic E-state index is 0.0835. The first-order chi connectivity index (χ1) is 20.7. The molecule has 0 aliphatic carbocycles. The number of hydrogen-bond acceptors (Lipinski definition) is 2. The lowest BCUT2D eigenvalue weighted by Gasteiger charge is -2.17. The van der Waals surface area contributed by atoms with E-state index in [1.165, 1.54) is 42.5 Å². The first kappa shape index (κ1) is 30.4. The minimum Gasteiger partial charge on any atom is -0.478 e. The Morgan fingerprint density at radius 3 is 2.09 bits per heavy atom. The van der Waals surface area contributed by atoms with Gasteiger partial charge in [-0.15, -0.1) is 0 Å². The molecule has 0 saturated heterocycles. The van der Waals surface area contributed by atoms with Crippen LogP contribution in [0.1, 0.15) is 55.9 Å². The molecule has 0 saturated carbocycles. The standard InChI is InChI=1S/C33H24F6N2O3/c1-19(21-7-9-22(10-8-21)31(43)44)40-30(42)28-14-13-26(23-3-2-4-25(17-23)33(37,38)39)27-15-16-41(29(27)28)18-20-5-11-24(12-6-20)32(34,35)36/h2-17,19H,18H2,1H3,(H,40,42)(H,43,44)/t19-/m1/s1. The molecular formula is C33H24F6N2O3. The topological polar surface area (TPSA) is 71.3 Å². The zero-order chi connectivity index (χ0) is 31.8. The van der Waals surface area contributed by atoms with Gasteiger partial charge in [0.2, 0.25) is 0 Å². The van der Waals surface area contributed by atoms with Crippen molar-refractivity contribution in [3.63, 3.8) is 0 Å². The quantitative estimate of drug-likeness (QED) is 0.181. The van der Waals surface area contributed by atoms with E-state index >= 15 is 0 Å². The molecule has 1 aromatic heterocycles. The van der Waals surface area contributed by atoms with Crippen molar-refractivity contribution < 1.29 is 41.0 Å². The second-order valence-electron chi connectivity index (χ2n) is 10.3. The Kier molecular flexibility index (Phi) is 7.98. The lowest BCUT2D eigenvalue weighted by atomic mass is 9.97. The Hall–Kier alpha value is -5.06. The van der Waals surface area contributed by atoms with Gasteiger partial charge in [0, 0.05) is 18.1 Å². The molecule has 0 bridgehead atoms. The van der Waals surface area contributed by atoms with Crippen LogP contribution in [0.3, 0.4) is 0 Å². The van der Waals surface area contributed by atoms with Crippen LogP contribution in [0.25, 0.3) is 22.0 Å². The van der Waals surface area contributed by atoms with E-state index in [0.29, 0.717) is 27.6 Å². The Balaban J connectivity index is 1.56. The van der Waals surface area contributed by atoms with Gasteiger partial charge in [0.05, 0.1) is 33.8 Å². The molecule has 2 N–H and O–H groups in total. The predicted octanol–water partition coefficient (Wildman–Crippen LogP) is 8.58. The third kappa shape index (κ3) is 6.31. The lowest BCUT2D eigenvalue weighted by molar-refractivity contribution is -0.138. The number of aromatic nitrogens is 1. The monoisotopic (exact) mass is 610 g/mol. The van der Waals surface area contributed by atoms with Crippen LogP contribution in [-0.4, -0.2) is 21.6 Å². The maximum absolute atomic E-state index is 13.6. The van der Waals surface area contributed by atoms with Crippen LogP contribution in [0.4, 0.5) is 26.3 Å². The smallest absolute Gasteiger partial charge is 0.416 e. The first-order valence-corrected chi connectivity index (χ1v) is 13.3. The summed E-state index contributed by atoms with van der Waals surface area (Å²) in [7, 11) is 0. The average molecular weight is 611 g/mol. The highest BCUT2D eigenvalue weighted by Crippen LogP contribution is 2.37. The molecule has 5 rings (SSSR count). The molecule has 44 heavy (non-hydrogen) atoms. The summed E-state index contributed by atoms with van der Waals surface area (Å²) in [6, 6.07) is 19.5. The summed E-state index contributed by atoms with van der Waals surface area (Å²) in [6.07, 6.45) is -7.44. The number of aromatic carboxylic acids is 1. The van der Waals surface area contributed by atoms with E-state index in [9.17, 15) is 35.9 Å². The maximum atomic E-state index is 13.6. The molecule has 0 unspecified atom stereocenters.